The molecule has 0 radical (unpaired) electrons. The van der Waals surface area contributed by atoms with Gasteiger partial charge in [-0.15, -0.1) is 0 Å². The second-order valence-electron chi connectivity index (χ2n) is 4.27. The van der Waals surface area contributed by atoms with Crippen molar-refractivity contribution in [2.24, 2.45) is 0 Å². The van der Waals surface area contributed by atoms with Crippen molar-refractivity contribution in [1.29, 1.82) is 5.26 Å². The Balaban J connectivity index is 3.09. The van der Waals surface area contributed by atoms with Crippen LogP contribution in [0.15, 0.2) is 12.3 Å². The Kier molecular flexibility index (Phi) is 3.42. The van der Waals surface area contributed by atoms with Crippen molar-refractivity contribution in [3.63, 3.8) is 0 Å². The summed E-state index contributed by atoms with van der Waals surface area (Å²) in [5, 5.41) is 8.74. The smallest absolute Gasteiger partial charge is 0.234 e. The Hall–Kier alpha value is -1.41. The lowest BCUT2D eigenvalue weighted by Gasteiger charge is -2.34. The lowest BCUT2D eigenvalue weighted by molar-refractivity contribution is 0.989. The summed E-state index contributed by atoms with van der Waals surface area (Å²) in [7, 11) is -1.43. The average molecular weight is 220 g/mol. The van der Waals surface area contributed by atoms with Crippen LogP contribution < -0.4 is 4.57 Å². The molecular weight excluding hydrogens is 204 g/mol. The summed E-state index contributed by atoms with van der Waals surface area (Å²) in [6.45, 7) is 9.78. The molecule has 1 aromatic rings. The maximum Gasteiger partial charge on any atom is 0.234 e. The maximum atomic E-state index is 8.74. The molecule has 0 aromatic carbocycles. The van der Waals surface area contributed by atoms with Gasteiger partial charge in [-0.25, -0.2) is 9.97 Å². The van der Waals surface area contributed by atoms with Crippen LogP contribution in [0, 0.1) is 11.3 Å². The minimum atomic E-state index is -1.43. The van der Waals surface area contributed by atoms with Crippen LogP contribution in [0.1, 0.15) is 12.7 Å². The number of rotatable bonds is 3. The summed E-state index contributed by atoms with van der Waals surface area (Å²) < 4.78 is 2.27. The summed E-state index contributed by atoms with van der Waals surface area (Å²) in [6.07, 6.45) is 1.64. The summed E-state index contributed by atoms with van der Waals surface area (Å²) in [5.74, 6) is 1.10. The standard InChI is InChI=1S/C10H16N4Si/c1-5-14(15(2,3)4)10-6-7-12-9(8-11)13-10/h6-7H,5H2,1-4H3. The van der Waals surface area contributed by atoms with Gasteiger partial charge in [-0.05, 0) is 13.0 Å². The molecule has 0 N–H and O–H groups in total. The van der Waals surface area contributed by atoms with Gasteiger partial charge in [-0.1, -0.05) is 19.6 Å². The van der Waals surface area contributed by atoms with E-state index in [0.717, 1.165) is 12.4 Å². The van der Waals surface area contributed by atoms with Gasteiger partial charge in [0, 0.05) is 12.7 Å². The third-order valence-electron chi connectivity index (χ3n) is 2.14. The fourth-order valence-electron chi connectivity index (χ4n) is 1.53. The minimum absolute atomic E-state index is 0.240. The molecule has 0 aliphatic heterocycles. The van der Waals surface area contributed by atoms with Gasteiger partial charge in [0.15, 0.2) is 0 Å². The Morgan fingerprint density at radius 2 is 2.13 bits per heavy atom. The van der Waals surface area contributed by atoms with Crippen molar-refractivity contribution in [2.45, 2.75) is 26.6 Å². The highest BCUT2D eigenvalue weighted by atomic mass is 28.3. The molecule has 0 saturated heterocycles. The lowest BCUT2D eigenvalue weighted by Crippen LogP contribution is -2.46. The fraction of sp³-hybridized carbons (Fsp3) is 0.500. The molecule has 1 rings (SSSR count). The van der Waals surface area contributed by atoms with Gasteiger partial charge in [-0.3, -0.25) is 0 Å². The lowest BCUT2D eigenvalue weighted by atomic mass is 10.5. The number of anilines is 1. The van der Waals surface area contributed by atoms with Gasteiger partial charge in [0.2, 0.25) is 5.82 Å². The zero-order valence-electron chi connectivity index (χ0n) is 9.65. The minimum Gasteiger partial charge on any atom is -0.384 e. The van der Waals surface area contributed by atoms with Crippen molar-refractivity contribution in [2.75, 3.05) is 11.1 Å². The second kappa shape index (κ2) is 4.40. The van der Waals surface area contributed by atoms with Crippen LogP contribution in [0.2, 0.25) is 19.6 Å². The third kappa shape index (κ3) is 2.77. The van der Waals surface area contributed by atoms with Gasteiger partial charge in [0.1, 0.15) is 20.1 Å². The van der Waals surface area contributed by atoms with Crippen molar-refractivity contribution in [3.8, 4) is 6.07 Å². The predicted octanol–water partition coefficient (Wildman–Crippen LogP) is 2.01. The summed E-state index contributed by atoms with van der Waals surface area (Å²) in [4.78, 5) is 8.09. The number of hydrogen-bond acceptors (Lipinski definition) is 4. The van der Waals surface area contributed by atoms with Gasteiger partial charge in [-0.2, -0.15) is 5.26 Å². The first-order chi connectivity index (χ1) is 6.99. The summed E-state index contributed by atoms with van der Waals surface area (Å²) in [6, 6.07) is 3.83. The van der Waals surface area contributed by atoms with E-state index in [1.807, 2.05) is 12.1 Å². The van der Waals surface area contributed by atoms with Crippen LogP contribution in [0.3, 0.4) is 0 Å². The van der Waals surface area contributed by atoms with Gasteiger partial charge < -0.3 is 4.57 Å². The Bertz CT molecular complexity index is 378. The molecule has 0 spiro atoms. The molecule has 0 atom stereocenters. The Labute approximate surface area is 91.7 Å². The van der Waals surface area contributed by atoms with Gasteiger partial charge in [0.05, 0.1) is 0 Å². The van der Waals surface area contributed by atoms with Gasteiger partial charge in [0.25, 0.3) is 0 Å². The summed E-state index contributed by atoms with van der Waals surface area (Å²) in [5.41, 5.74) is 0. The maximum absolute atomic E-state index is 8.74. The molecule has 1 aromatic heterocycles. The molecule has 80 valence electrons. The third-order valence-corrected chi connectivity index (χ3v) is 4.31. The van der Waals surface area contributed by atoms with E-state index in [1.165, 1.54) is 0 Å². The van der Waals surface area contributed by atoms with Crippen LogP contribution in [0.25, 0.3) is 0 Å². The SMILES string of the molecule is CCN(c1ccnc(C#N)n1)[Si](C)(C)C. The molecule has 0 amide bonds. The molecule has 1 heterocycles. The van der Waals surface area contributed by atoms with E-state index < -0.39 is 8.24 Å². The Morgan fingerprint density at radius 1 is 1.47 bits per heavy atom. The molecule has 5 heteroatoms. The van der Waals surface area contributed by atoms with E-state index in [4.69, 9.17) is 5.26 Å². The van der Waals surface area contributed by atoms with Gasteiger partial charge >= 0.3 is 0 Å². The van der Waals surface area contributed by atoms with E-state index in [-0.39, 0.29) is 5.82 Å². The van der Waals surface area contributed by atoms with Crippen LogP contribution in [-0.2, 0) is 0 Å². The monoisotopic (exact) mass is 220 g/mol. The molecule has 0 saturated carbocycles. The van der Waals surface area contributed by atoms with E-state index in [9.17, 15) is 0 Å². The zero-order chi connectivity index (χ0) is 11.5. The number of nitriles is 1. The van der Waals surface area contributed by atoms with Crippen LogP contribution in [0.5, 0.6) is 0 Å². The van der Waals surface area contributed by atoms with Crippen LogP contribution >= 0.6 is 0 Å². The number of aromatic nitrogens is 2. The summed E-state index contributed by atoms with van der Waals surface area (Å²) >= 11 is 0. The molecule has 0 aliphatic carbocycles. The first-order valence-corrected chi connectivity index (χ1v) is 8.44. The molecular formula is C10H16N4Si. The largest absolute Gasteiger partial charge is 0.384 e. The first kappa shape index (κ1) is 11.7. The Morgan fingerprint density at radius 3 is 2.60 bits per heavy atom. The highest BCUT2D eigenvalue weighted by molar-refractivity contribution is 6.79. The predicted molar refractivity (Wildman–Crippen MR) is 63.1 cm³/mol. The molecule has 0 unspecified atom stereocenters. The molecule has 4 nitrogen and oxygen atoms in total. The topological polar surface area (TPSA) is 52.8 Å². The molecule has 0 bridgehead atoms. The highest BCUT2D eigenvalue weighted by Crippen LogP contribution is 2.18. The molecule has 0 fully saturated rings. The molecule has 0 aliphatic rings. The van der Waals surface area contributed by atoms with Crippen LogP contribution in [-0.4, -0.2) is 24.7 Å². The number of nitrogens with zero attached hydrogens (tertiary/aromatic N) is 4. The average Bonchev–Trinajstić information content (AvgIpc) is 2.17. The zero-order valence-corrected chi connectivity index (χ0v) is 10.7. The van der Waals surface area contributed by atoms with Crippen molar-refractivity contribution < 1.29 is 0 Å². The molecule has 15 heavy (non-hydrogen) atoms. The van der Waals surface area contributed by atoms with Crippen molar-refractivity contribution >= 4 is 14.1 Å². The van der Waals surface area contributed by atoms with E-state index in [1.54, 1.807) is 6.20 Å². The fourth-order valence-corrected chi connectivity index (χ4v) is 3.29. The van der Waals surface area contributed by atoms with Crippen molar-refractivity contribution in [3.05, 3.63) is 18.1 Å². The normalized spacial score (nSPS) is 10.9. The van der Waals surface area contributed by atoms with E-state index >= 15 is 0 Å². The second-order valence-corrected chi connectivity index (χ2v) is 9.15. The van der Waals surface area contributed by atoms with E-state index in [0.29, 0.717) is 0 Å². The van der Waals surface area contributed by atoms with Crippen LogP contribution in [0.4, 0.5) is 5.82 Å². The van der Waals surface area contributed by atoms with Crippen molar-refractivity contribution in [1.82, 2.24) is 9.97 Å². The highest BCUT2D eigenvalue weighted by Gasteiger charge is 2.23. The number of hydrogen-bond donors (Lipinski definition) is 0. The first-order valence-electron chi connectivity index (χ1n) is 5.00. The quantitative estimate of drug-likeness (QED) is 0.731. The van der Waals surface area contributed by atoms with E-state index in [2.05, 4.69) is 41.1 Å².